The van der Waals surface area contributed by atoms with Gasteiger partial charge in [0.05, 0.1) is 23.0 Å². The standard InChI is InChI=1S/C30H32O10S2/c1-5-7-17-39-29(33)23-25(31)28(42(37,38)22-15-11-20(4)12-16-22)24(30(34)40-18-8-6-2)26(32)27(23)41(35,36)21-13-9-19(3)10-14-21/h9-16H,5-8,17-18H2,1-4H3. The predicted molar refractivity (Wildman–Crippen MR) is 153 cm³/mol. The molecule has 0 aromatic heterocycles. The minimum absolute atomic E-state index is 0.228. The van der Waals surface area contributed by atoms with Crippen LogP contribution in [0.25, 0.3) is 0 Å². The zero-order valence-electron chi connectivity index (χ0n) is 23.8. The number of sulfone groups is 2. The Bertz CT molecular complexity index is 1550. The lowest BCUT2D eigenvalue weighted by Crippen LogP contribution is -2.37. The molecule has 0 atom stereocenters. The highest BCUT2D eigenvalue weighted by Gasteiger charge is 2.51. The predicted octanol–water partition coefficient (Wildman–Crippen LogP) is 3.90. The van der Waals surface area contributed by atoms with E-state index in [4.69, 9.17) is 9.47 Å². The number of Topliss-reactive ketones (excluding diaryl/α,β-unsaturated/α-hetero) is 2. The van der Waals surface area contributed by atoms with Gasteiger partial charge in [-0.05, 0) is 51.0 Å². The molecule has 224 valence electrons. The van der Waals surface area contributed by atoms with Crippen molar-refractivity contribution in [2.24, 2.45) is 0 Å². The average molecular weight is 617 g/mol. The molecule has 12 heteroatoms. The van der Waals surface area contributed by atoms with Crippen molar-refractivity contribution in [3.8, 4) is 0 Å². The monoisotopic (exact) mass is 616 g/mol. The summed E-state index contributed by atoms with van der Waals surface area (Å²) < 4.78 is 65.5. The van der Waals surface area contributed by atoms with E-state index in [1.54, 1.807) is 27.7 Å². The first-order chi connectivity index (χ1) is 19.8. The van der Waals surface area contributed by atoms with Gasteiger partial charge in [-0.3, -0.25) is 9.59 Å². The van der Waals surface area contributed by atoms with E-state index in [2.05, 4.69) is 0 Å². The zero-order chi connectivity index (χ0) is 31.2. The van der Waals surface area contributed by atoms with Crippen LogP contribution in [0.1, 0.15) is 50.7 Å². The summed E-state index contributed by atoms with van der Waals surface area (Å²) in [6.45, 7) is 6.51. The number of carbonyl (C=O) groups is 4. The lowest BCUT2D eigenvalue weighted by atomic mass is 9.96. The van der Waals surface area contributed by atoms with E-state index < -0.39 is 73.9 Å². The van der Waals surface area contributed by atoms with E-state index in [0.29, 0.717) is 36.8 Å². The topological polar surface area (TPSA) is 155 Å². The lowest BCUT2D eigenvalue weighted by molar-refractivity contribution is -0.143. The summed E-state index contributed by atoms with van der Waals surface area (Å²) >= 11 is 0. The number of hydrogen-bond acceptors (Lipinski definition) is 10. The number of unbranched alkanes of at least 4 members (excludes halogenated alkanes) is 2. The van der Waals surface area contributed by atoms with E-state index in [0.717, 1.165) is 24.3 Å². The summed E-state index contributed by atoms with van der Waals surface area (Å²) in [5.41, 5.74) is -1.21. The molecular weight excluding hydrogens is 584 g/mol. The first-order valence-corrected chi connectivity index (χ1v) is 16.3. The van der Waals surface area contributed by atoms with Crippen LogP contribution in [0.3, 0.4) is 0 Å². The summed E-state index contributed by atoms with van der Waals surface area (Å²) in [4.78, 5) is 50.9. The summed E-state index contributed by atoms with van der Waals surface area (Å²) in [5, 5.41) is 0. The van der Waals surface area contributed by atoms with Crippen LogP contribution in [-0.4, -0.2) is 53.6 Å². The van der Waals surface area contributed by atoms with Crippen molar-refractivity contribution < 1.29 is 45.5 Å². The maximum Gasteiger partial charge on any atom is 0.343 e. The highest BCUT2D eigenvalue weighted by molar-refractivity contribution is 7.97. The van der Waals surface area contributed by atoms with Crippen LogP contribution in [0.5, 0.6) is 0 Å². The number of carbonyl (C=O) groups excluding carboxylic acids is 4. The molecular formula is C30H32O10S2. The van der Waals surface area contributed by atoms with Crippen LogP contribution < -0.4 is 0 Å². The van der Waals surface area contributed by atoms with Gasteiger partial charge in [0, 0.05) is 0 Å². The van der Waals surface area contributed by atoms with Gasteiger partial charge in [-0.15, -0.1) is 0 Å². The van der Waals surface area contributed by atoms with Gasteiger partial charge >= 0.3 is 11.9 Å². The number of aryl methyl sites for hydroxylation is 2. The SMILES string of the molecule is CCCCOC(=O)C1=C(S(=O)(=O)c2ccc(C)cc2)C(=O)C(C(=O)OCCCC)=C(S(=O)(=O)c2ccc(C)cc2)C1=O. The van der Waals surface area contributed by atoms with E-state index >= 15 is 0 Å². The maximum atomic E-state index is 14.0. The summed E-state index contributed by atoms with van der Waals surface area (Å²) in [6, 6.07) is 10.4. The fourth-order valence-corrected chi connectivity index (χ4v) is 7.02. The molecule has 0 aliphatic heterocycles. The van der Waals surface area contributed by atoms with Crippen molar-refractivity contribution in [3.63, 3.8) is 0 Å². The molecule has 0 N–H and O–H groups in total. The molecule has 0 heterocycles. The van der Waals surface area contributed by atoms with Gasteiger partial charge in [-0.2, -0.15) is 0 Å². The molecule has 42 heavy (non-hydrogen) atoms. The summed E-state index contributed by atoms with van der Waals surface area (Å²) in [5.74, 6) is -6.29. The quantitative estimate of drug-likeness (QED) is 0.148. The Hall–Kier alpha value is -3.90. The van der Waals surface area contributed by atoms with Crippen molar-refractivity contribution in [1.82, 2.24) is 0 Å². The van der Waals surface area contributed by atoms with Crippen molar-refractivity contribution in [2.45, 2.75) is 63.2 Å². The van der Waals surface area contributed by atoms with E-state index in [9.17, 15) is 36.0 Å². The highest BCUT2D eigenvalue weighted by atomic mass is 32.2. The number of rotatable bonds is 12. The number of allylic oxidation sites excluding steroid dienone is 2. The van der Waals surface area contributed by atoms with E-state index in [1.807, 2.05) is 0 Å². The number of hydrogen-bond donors (Lipinski definition) is 0. The number of ether oxygens (including phenoxy) is 2. The number of esters is 2. The molecule has 0 radical (unpaired) electrons. The molecule has 3 rings (SSSR count). The maximum absolute atomic E-state index is 14.0. The molecule has 0 bridgehead atoms. The van der Waals surface area contributed by atoms with Crippen molar-refractivity contribution in [3.05, 3.63) is 80.6 Å². The van der Waals surface area contributed by atoms with Gasteiger partial charge in [0.1, 0.15) is 21.0 Å². The summed E-state index contributed by atoms with van der Waals surface area (Å²) in [7, 11) is -9.89. The lowest BCUT2D eigenvalue weighted by Gasteiger charge is -2.22. The Balaban J connectivity index is 2.38. The fourth-order valence-electron chi connectivity index (χ4n) is 3.98. The third-order valence-electron chi connectivity index (χ3n) is 6.39. The highest BCUT2D eigenvalue weighted by Crippen LogP contribution is 2.37. The van der Waals surface area contributed by atoms with E-state index in [-0.39, 0.29) is 13.2 Å². The van der Waals surface area contributed by atoms with Crippen molar-refractivity contribution in [1.29, 1.82) is 0 Å². The second-order valence-corrected chi connectivity index (χ2v) is 13.5. The smallest absolute Gasteiger partial charge is 0.343 e. The normalized spacial score (nSPS) is 14.3. The molecule has 0 saturated heterocycles. The minimum atomic E-state index is -4.94. The Labute approximate surface area is 245 Å². The van der Waals surface area contributed by atoms with Crippen LogP contribution in [0.4, 0.5) is 0 Å². The molecule has 2 aromatic rings. The zero-order valence-corrected chi connectivity index (χ0v) is 25.4. The van der Waals surface area contributed by atoms with Crippen LogP contribution >= 0.6 is 0 Å². The molecule has 0 unspecified atom stereocenters. The third kappa shape index (κ3) is 6.60. The first kappa shape index (κ1) is 32.6. The molecule has 2 aromatic carbocycles. The third-order valence-corrected chi connectivity index (χ3v) is 10.0. The largest absolute Gasteiger partial charge is 0.462 e. The molecule has 0 amide bonds. The first-order valence-electron chi connectivity index (χ1n) is 13.3. The van der Waals surface area contributed by atoms with Crippen LogP contribution in [0.15, 0.2) is 79.3 Å². The van der Waals surface area contributed by atoms with Gasteiger partial charge in [0.25, 0.3) is 0 Å². The second kappa shape index (κ2) is 13.4. The fraction of sp³-hybridized carbons (Fsp3) is 0.333. The van der Waals surface area contributed by atoms with Gasteiger partial charge in [0.2, 0.25) is 31.2 Å². The molecule has 0 saturated carbocycles. The van der Waals surface area contributed by atoms with Crippen LogP contribution in [0, 0.1) is 13.8 Å². The minimum Gasteiger partial charge on any atom is -0.462 e. The average Bonchev–Trinajstić information content (AvgIpc) is 2.94. The molecule has 10 nitrogen and oxygen atoms in total. The van der Waals surface area contributed by atoms with Gasteiger partial charge in [-0.25, -0.2) is 26.4 Å². The van der Waals surface area contributed by atoms with Gasteiger partial charge in [-0.1, -0.05) is 62.1 Å². The van der Waals surface area contributed by atoms with Crippen molar-refractivity contribution in [2.75, 3.05) is 13.2 Å². The van der Waals surface area contributed by atoms with Crippen LogP contribution in [-0.2, 0) is 48.3 Å². The Kier molecular flexibility index (Phi) is 10.4. The number of ketones is 2. The Morgan fingerprint density at radius 3 is 1.19 bits per heavy atom. The van der Waals surface area contributed by atoms with Crippen molar-refractivity contribution >= 4 is 43.2 Å². The van der Waals surface area contributed by atoms with E-state index in [1.165, 1.54) is 24.3 Å². The molecule has 0 spiro atoms. The molecule has 1 aliphatic carbocycles. The number of benzene rings is 2. The molecule has 1 aliphatic rings. The Morgan fingerprint density at radius 2 is 0.905 bits per heavy atom. The van der Waals surface area contributed by atoms with Gasteiger partial charge < -0.3 is 9.47 Å². The second-order valence-electron chi connectivity index (χ2n) is 9.68. The molecule has 0 fully saturated rings. The van der Waals surface area contributed by atoms with Crippen LogP contribution in [0.2, 0.25) is 0 Å². The summed E-state index contributed by atoms with van der Waals surface area (Å²) in [6.07, 6.45) is 1.85. The Morgan fingerprint density at radius 1 is 0.595 bits per heavy atom. The van der Waals surface area contributed by atoms with Gasteiger partial charge in [0.15, 0.2) is 0 Å².